The van der Waals surface area contributed by atoms with Crippen LogP contribution in [0.4, 0.5) is 0 Å². The van der Waals surface area contributed by atoms with E-state index >= 15 is 0 Å². The van der Waals surface area contributed by atoms with Crippen LogP contribution in [0, 0.1) is 0 Å². The van der Waals surface area contributed by atoms with Crippen LogP contribution in [0.25, 0.3) is 11.3 Å². The molecule has 3 rings (SSSR count). The van der Waals surface area contributed by atoms with E-state index in [1.165, 1.54) is 0 Å². The molecule has 2 aromatic rings. The van der Waals surface area contributed by atoms with Gasteiger partial charge in [-0.1, -0.05) is 35.0 Å². The third kappa shape index (κ3) is 3.81. The Labute approximate surface area is 143 Å². The third-order valence-electron chi connectivity index (χ3n) is 2.87. The fourth-order valence-electron chi connectivity index (χ4n) is 1.70. The van der Waals surface area contributed by atoms with Crippen LogP contribution in [0.5, 0.6) is 0 Å². The number of hydrogen-bond acceptors (Lipinski definition) is 6. The van der Waals surface area contributed by atoms with Gasteiger partial charge in [0.1, 0.15) is 4.34 Å². The SMILES string of the molecule is O=C(CSc1nnc(-c2cc(Cl)sc2Cl)c(=O)[nH]1)NC1CC1. The van der Waals surface area contributed by atoms with E-state index in [-0.39, 0.29) is 22.5 Å². The molecule has 0 aliphatic heterocycles. The number of rotatable bonds is 5. The number of carbonyl (C=O) groups is 1. The average molecular weight is 377 g/mol. The van der Waals surface area contributed by atoms with Crippen LogP contribution in [-0.2, 0) is 4.79 Å². The predicted molar refractivity (Wildman–Crippen MR) is 87.9 cm³/mol. The molecule has 0 radical (unpaired) electrons. The maximum atomic E-state index is 12.1. The summed E-state index contributed by atoms with van der Waals surface area (Å²) in [6.45, 7) is 0. The van der Waals surface area contributed by atoms with E-state index in [1.807, 2.05) is 0 Å². The highest BCUT2D eigenvalue weighted by atomic mass is 35.5. The van der Waals surface area contributed by atoms with Crippen molar-refractivity contribution in [2.75, 3.05) is 5.75 Å². The topological polar surface area (TPSA) is 87.7 Å². The maximum absolute atomic E-state index is 12.1. The van der Waals surface area contributed by atoms with Crippen molar-refractivity contribution in [2.24, 2.45) is 0 Å². The highest BCUT2D eigenvalue weighted by molar-refractivity contribution is 7.99. The molecule has 22 heavy (non-hydrogen) atoms. The van der Waals surface area contributed by atoms with E-state index in [0.717, 1.165) is 35.9 Å². The molecule has 1 fully saturated rings. The Morgan fingerprint density at radius 1 is 1.45 bits per heavy atom. The van der Waals surface area contributed by atoms with Gasteiger partial charge in [-0.05, 0) is 18.9 Å². The number of amides is 1. The van der Waals surface area contributed by atoms with Gasteiger partial charge in [-0.3, -0.25) is 14.6 Å². The number of H-pyrrole nitrogens is 1. The molecule has 116 valence electrons. The number of thiophene rings is 1. The van der Waals surface area contributed by atoms with Crippen LogP contribution in [0.15, 0.2) is 16.0 Å². The van der Waals surface area contributed by atoms with Gasteiger partial charge in [0.15, 0.2) is 10.9 Å². The average Bonchev–Trinajstić information content (AvgIpc) is 3.20. The van der Waals surface area contributed by atoms with Crippen molar-refractivity contribution >= 4 is 52.2 Å². The second-order valence-electron chi connectivity index (χ2n) is 4.68. The van der Waals surface area contributed by atoms with Gasteiger partial charge in [-0.15, -0.1) is 21.5 Å². The lowest BCUT2D eigenvalue weighted by Crippen LogP contribution is -2.27. The minimum atomic E-state index is -0.420. The molecule has 0 atom stereocenters. The van der Waals surface area contributed by atoms with E-state index in [4.69, 9.17) is 23.2 Å². The van der Waals surface area contributed by atoms with Crippen LogP contribution in [0.3, 0.4) is 0 Å². The number of hydrogen-bond donors (Lipinski definition) is 2. The molecular formula is C12H10Cl2N4O2S2. The largest absolute Gasteiger partial charge is 0.353 e. The summed E-state index contributed by atoms with van der Waals surface area (Å²) in [4.78, 5) is 26.2. The van der Waals surface area contributed by atoms with Gasteiger partial charge in [0.05, 0.1) is 10.1 Å². The minimum absolute atomic E-state index is 0.0770. The van der Waals surface area contributed by atoms with E-state index in [0.29, 0.717) is 20.3 Å². The molecule has 2 N–H and O–H groups in total. The first kappa shape index (κ1) is 15.8. The summed E-state index contributed by atoms with van der Waals surface area (Å²) in [7, 11) is 0. The van der Waals surface area contributed by atoms with Crippen LogP contribution in [0.1, 0.15) is 12.8 Å². The van der Waals surface area contributed by atoms with Gasteiger partial charge in [-0.2, -0.15) is 0 Å². The summed E-state index contributed by atoms with van der Waals surface area (Å²) in [5.74, 6) is 0.109. The van der Waals surface area contributed by atoms with E-state index < -0.39 is 5.56 Å². The highest BCUT2D eigenvalue weighted by Crippen LogP contribution is 2.35. The Morgan fingerprint density at radius 3 is 2.82 bits per heavy atom. The van der Waals surface area contributed by atoms with Gasteiger partial charge < -0.3 is 5.32 Å². The number of aromatic nitrogens is 3. The zero-order valence-corrected chi connectivity index (χ0v) is 14.2. The quantitative estimate of drug-likeness (QED) is 0.782. The van der Waals surface area contributed by atoms with Crippen molar-refractivity contribution < 1.29 is 4.79 Å². The van der Waals surface area contributed by atoms with Gasteiger partial charge in [0.2, 0.25) is 5.91 Å². The second-order valence-corrected chi connectivity index (χ2v) is 7.93. The Hall–Kier alpha value is -1.09. The molecular weight excluding hydrogens is 367 g/mol. The van der Waals surface area contributed by atoms with Crippen LogP contribution in [0.2, 0.25) is 8.67 Å². The van der Waals surface area contributed by atoms with Crippen molar-refractivity contribution in [2.45, 2.75) is 24.0 Å². The second kappa shape index (κ2) is 6.57. The third-order valence-corrected chi connectivity index (χ3v) is 5.22. The molecule has 0 saturated heterocycles. The number of carbonyl (C=O) groups excluding carboxylic acids is 1. The molecule has 0 bridgehead atoms. The molecule has 10 heteroatoms. The molecule has 0 unspecified atom stereocenters. The normalized spacial score (nSPS) is 14.1. The molecule has 2 aromatic heterocycles. The lowest BCUT2D eigenvalue weighted by molar-refractivity contribution is -0.118. The smallest absolute Gasteiger partial charge is 0.278 e. The van der Waals surface area contributed by atoms with Crippen LogP contribution < -0.4 is 10.9 Å². The Morgan fingerprint density at radius 2 is 2.23 bits per heavy atom. The summed E-state index contributed by atoms with van der Waals surface area (Å²) in [5, 5.41) is 10.9. The lowest BCUT2D eigenvalue weighted by atomic mass is 10.2. The van der Waals surface area contributed by atoms with Crippen molar-refractivity contribution in [1.29, 1.82) is 0 Å². The lowest BCUT2D eigenvalue weighted by Gasteiger charge is -2.03. The number of nitrogens with zero attached hydrogens (tertiary/aromatic N) is 2. The van der Waals surface area contributed by atoms with Crippen molar-refractivity contribution in [1.82, 2.24) is 20.5 Å². The summed E-state index contributed by atoms with van der Waals surface area (Å²) in [6, 6.07) is 1.88. The molecule has 1 aliphatic carbocycles. The summed E-state index contributed by atoms with van der Waals surface area (Å²) in [6.07, 6.45) is 2.07. The van der Waals surface area contributed by atoms with Crippen LogP contribution in [-0.4, -0.2) is 32.9 Å². The van der Waals surface area contributed by atoms with Crippen LogP contribution >= 0.6 is 46.3 Å². The summed E-state index contributed by atoms with van der Waals surface area (Å²) in [5.41, 5.74) is 0.143. The molecule has 0 spiro atoms. The predicted octanol–water partition coefficient (Wildman–Crippen LogP) is 2.57. The molecule has 6 nitrogen and oxygen atoms in total. The van der Waals surface area contributed by atoms with Crippen molar-refractivity contribution in [3.05, 3.63) is 25.1 Å². The zero-order valence-electron chi connectivity index (χ0n) is 11.1. The Kier molecular flexibility index (Phi) is 4.72. The fourth-order valence-corrected chi connectivity index (χ4v) is 3.78. The monoisotopic (exact) mass is 376 g/mol. The number of nitrogens with one attached hydrogen (secondary N) is 2. The number of aromatic amines is 1. The molecule has 1 amide bonds. The zero-order chi connectivity index (χ0) is 15.7. The van der Waals surface area contributed by atoms with Gasteiger partial charge in [-0.25, -0.2) is 0 Å². The first-order valence-corrected chi connectivity index (χ1v) is 8.93. The van der Waals surface area contributed by atoms with E-state index in [2.05, 4.69) is 20.5 Å². The fraction of sp³-hybridized carbons (Fsp3) is 0.333. The standard InChI is InChI=1S/C12H10Cl2N4O2S2/c13-7-3-6(10(14)22-7)9-11(20)16-12(18-17-9)21-4-8(19)15-5-1-2-5/h3,5H,1-2,4H2,(H,15,19)(H,16,18,20). The van der Waals surface area contributed by atoms with E-state index in [1.54, 1.807) is 6.07 Å². The first-order chi connectivity index (χ1) is 10.5. The summed E-state index contributed by atoms with van der Waals surface area (Å²) < 4.78 is 0.852. The molecule has 1 saturated carbocycles. The molecule has 2 heterocycles. The Balaban J connectivity index is 1.70. The molecule has 1 aliphatic rings. The maximum Gasteiger partial charge on any atom is 0.278 e. The first-order valence-electron chi connectivity index (χ1n) is 6.37. The van der Waals surface area contributed by atoms with E-state index in [9.17, 15) is 9.59 Å². The van der Waals surface area contributed by atoms with Crippen molar-refractivity contribution in [3.8, 4) is 11.3 Å². The molecule has 0 aromatic carbocycles. The van der Waals surface area contributed by atoms with Crippen molar-refractivity contribution in [3.63, 3.8) is 0 Å². The van der Waals surface area contributed by atoms with Gasteiger partial charge in [0, 0.05) is 11.6 Å². The van der Waals surface area contributed by atoms with Gasteiger partial charge in [0.25, 0.3) is 5.56 Å². The number of halogens is 2. The van der Waals surface area contributed by atoms with Gasteiger partial charge >= 0.3 is 0 Å². The highest BCUT2D eigenvalue weighted by Gasteiger charge is 2.23. The Bertz CT molecular complexity index is 773. The summed E-state index contributed by atoms with van der Waals surface area (Å²) >= 11 is 14.1. The number of thioether (sulfide) groups is 1. The minimum Gasteiger partial charge on any atom is -0.353 e.